The van der Waals surface area contributed by atoms with Gasteiger partial charge in [-0.2, -0.15) is 0 Å². The molecule has 1 heterocycles. The van der Waals surface area contributed by atoms with Crippen LogP contribution in [-0.2, 0) is 32.1 Å². The SMILES string of the molecule is Brc1ccc(N(c2ccc(Br)cc2)c2ccc3c(c2)CC3)cc1.CCCCCCCCCCCCc1ccc(-c2nc(-c3ccc(Br)c(C)c3)nc(-c3ccc(Br)c(C)c3)n2)cc1.CCCCc1ccc(N(c2ccc(CCCC)cc2)c2ccc(N(c3ccc(Br)cc3)c3ccc(Br)cc3)cc2)cc1. The van der Waals surface area contributed by atoms with Crippen molar-refractivity contribution in [1.82, 2.24) is 15.0 Å². The molecule has 105 heavy (non-hydrogen) atoms. The molecule has 0 aliphatic heterocycles. The van der Waals surface area contributed by atoms with E-state index in [0.717, 1.165) is 108 Å². The second-order valence-corrected chi connectivity index (χ2v) is 32.7. The van der Waals surface area contributed by atoms with E-state index in [1.807, 2.05) is 0 Å². The molecule has 0 amide bonds. The molecular weight excluding hydrogens is 1680 g/mol. The van der Waals surface area contributed by atoms with Crippen LogP contribution in [0.25, 0.3) is 34.2 Å². The zero-order chi connectivity index (χ0) is 73.4. The molecule has 0 spiro atoms. The number of halogens is 6. The Labute approximate surface area is 675 Å². The molecule has 0 saturated carbocycles. The highest BCUT2D eigenvalue weighted by atomic mass is 79.9. The van der Waals surface area contributed by atoms with Gasteiger partial charge in [0.05, 0.1) is 0 Å². The molecule has 6 nitrogen and oxygen atoms in total. The molecule has 12 heteroatoms. The van der Waals surface area contributed by atoms with Crippen LogP contribution in [0, 0.1) is 13.8 Å². The predicted octanol–water partition coefficient (Wildman–Crippen LogP) is 31.1. The van der Waals surface area contributed by atoms with Gasteiger partial charge in [-0.15, -0.1) is 0 Å². The smallest absolute Gasteiger partial charge is 0.164 e. The van der Waals surface area contributed by atoms with E-state index in [0.29, 0.717) is 17.5 Å². The van der Waals surface area contributed by atoms with Crippen molar-refractivity contribution in [2.45, 2.75) is 157 Å². The summed E-state index contributed by atoms with van der Waals surface area (Å²) in [6.45, 7) is 10.9. The van der Waals surface area contributed by atoms with Crippen molar-refractivity contribution in [2.24, 2.45) is 0 Å². The topological polar surface area (TPSA) is 48.4 Å². The molecule has 0 atom stereocenters. The summed E-state index contributed by atoms with van der Waals surface area (Å²) in [6, 6.07) is 89.0. The number of rotatable bonds is 29. The predicted molar refractivity (Wildman–Crippen MR) is 469 cm³/mol. The number of hydrogen-bond donors (Lipinski definition) is 0. The van der Waals surface area contributed by atoms with Gasteiger partial charge in [0.1, 0.15) is 0 Å². The molecule has 0 radical (unpaired) electrons. The third kappa shape index (κ3) is 22.4. The van der Waals surface area contributed by atoms with Crippen LogP contribution in [0.1, 0.15) is 150 Å². The number of benzene rings is 11. The number of nitrogens with zero attached hydrogens (tertiary/aromatic N) is 6. The fraction of sp³-hybridized carbons (Fsp3) is 0.258. The molecular formula is C93H94Br6N6. The Kier molecular flexibility index (Phi) is 30.1. The van der Waals surface area contributed by atoms with E-state index in [1.54, 1.807) is 0 Å². The van der Waals surface area contributed by atoms with E-state index in [1.165, 1.54) is 148 Å². The molecule has 0 saturated heterocycles. The maximum absolute atomic E-state index is 4.92. The van der Waals surface area contributed by atoms with E-state index < -0.39 is 0 Å². The van der Waals surface area contributed by atoms with Crippen molar-refractivity contribution in [3.05, 3.63) is 315 Å². The zero-order valence-corrected chi connectivity index (χ0v) is 70.6. The monoisotopic (exact) mass is 1770 g/mol. The van der Waals surface area contributed by atoms with Crippen LogP contribution in [0.15, 0.2) is 276 Å². The third-order valence-corrected chi connectivity index (χ3v) is 23.2. The molecule has 1 aliphatic rings. The van der Waals surface area contributed by atoms with E-state index in [4.69, 9.17) is 15.0 Å². The van der Waals surface area contributed by atoms with Crippen molar-refractivity contribution in [3.63, 3.8) is 0 Å². The highest BCUT2D eigenvalue weighted by Gasteiger charge is 2.21. The second-order valence-electron chi connectivity index (χ2n) is 27.3. The number of unbranched alkanes of at least 4 members (excludes halogenated alkanes) is 11. The average Bonchev–Trinajstić information content (AvgIpc) is 0.794. The first-order valence-corrected chi connectivity index (χ1v) is 42.2. The number of hydrogen-bond acceptors (Lipinski definition) is 6. The van der Waals surface area contributed by atoms with Crippen LogP contribution in [0.3, 0.4) is 0 Å². The second kappa shape index (κ2) is 40.1. The minimum Gasteiger partial charge on any atom is -0.311 e. The lowest BCUT2D eigenvalue weighted by Crippen LogP contribution is -2.13. The summed E-state index contributed by atoms with van der Waals surface area (Å²) in [6.07, 6.45) is 24.3. The van der Waals surface area contributed by atoms with E-state index >= 15 is 0 Å². The molecule has 1 aliphatic carbocycles. The van der Waals surface area contributed by atoms with Crippen LogP contribution >= 0.6 is 95.6 Å². The summed E-state index contributed by atoms with van der Waals surface area (Å²) >= 11 is 21.4. The summed E-state index contributed by atoms with van der Waals surface area (Å²) in [5, 5.41) is 0. The highest BCUT2D eigenvalue weighted by Crippen LogP contribution is 2.42. The average molecular weight is 1780 g/mol. The van der Waals surface area contributed by atoms with Crippen LogP contribution < -0.4 is 14.7 Å². The number of anilines is 9. The van der Waals surface area contributed by atoms with E-state index in [2.05, 4.69) is 394 Å². The number of aromatic nitrogens is 3. The lowest BCUT2D eigenvalue weighted by Gasteiger charge is -2.28. The Morgan fingerprint density at radius 2 is 0.524 bits per heavy atom. The van der Waals surface area contributed by atoms with Gasteiger partial charge in [-0.25, -0.2) is 15.0 Å². The molecule has 538 valence electrons. The first kappa shape index (κ1) is 78.8. The van der Waals surface area contributed by atoms with Gasteiger partial charge < -0.3 is 14.7 Å². The molecule has 0 fully saturated rings. The van der Waals surface area contributed by atoms with Crippen molar-refractivity contribution < 1.29 is 0 Å². The van der Waals surface area contributed by atoms with E-state index in [-0.39, 0.29) is 0 Å². The van der Waals surface area contributed by atoms with Crippen LogP contribution in [0.5, 0.6) is 0 Å². The Bertz CT molecular complexity index is 4470. The largest absolute Gasteiger partial charge is 0.311 e. The maximum Gasteiger partial charge on any atom is 0.164 e. The fourth-order valence-corrected chi connectivity index (χ4v) is 14.7. The van der Waals surface area contributed by atoms with Crippen LogP contribution in [-0.4, -0.2) is 15.0 Å². The van der Waals surface area contributed by atoms with Crippen molar-refractivity contribution in [1.29, 1.82) is 0 Å². The molecule has 12 aromatic rings. The number of aryl methyl sites for hydroxylation is 7. The summed E-state index contributed by atoms with van der Waals surface area (Å²) in [7, 11) is 0. The normalized spacial score (nSPS) is 11.4. The van der Waals surface area contributed by atoms with Gasteiger partial charge in [-0.3, -0.25) is 0 Å². The quantitative estimate of drug-likeness (QED) is 0.0436. The Hall–Kier alpha value is -7.29. The van der Waals surface area contributed by atoms with Crippen molar-refractivity contribution in [2.75, 3.05) is 14.7 Å². The van der Waals surface area contributed by atoms with Gasteiger partial charge >= 0.3 is 0 Å². The Morgan fingerprint density at radius 1 is 0.257 bits per heavy atom. The van der Waals surface area contributed by atoms with Crippen molar-refractivity contribution >= 4 is 147 Å². The summed E-state index contributed by atoms with van der Waals surface area (Å²) in [5.74, 6) is 2.07. The fourth-order valence-electron chi connectivity index (χ4n) is 13.1. The van der Waals surface area contributed by atoms with Crippen LogP contribution in [0.4, 0.5) is 51.2 Å². The first-order valence-electron chi connectivity index (χ1n) is 37.4. The standard InChI is InChI=1S/C38H38Br2N2.C35H41Br2N3.C20H15Br2N/c1-3-5-7-29-9-17-33(18-10-29)41(34-19-11-30(12-20-34)8-6-4-2)37-25-27-38(28-26-37)42(35-21-13-31(39)14-22-35)36-23-15-32(40)16-24-36;1-4-5-6-7-8-9-10-11-12-13-14-27-15-17-28(18-16-27)33-38-34(29-19-21-31(36)25(2)23-29)40-35(39-33)30-20-22-32(37)26(3)24-30;21-16-4-9-18(10-5-16)23(19-11-6-17(22)7-12-19)20-8-3-14-1-2-15(14)13-20/h9-28H,3-8H2,1-2H3;15-24H,4-14H2,1-3H3;3-13H,1-2H2. The molecule has 0 bridgehead atoms. The van der Waals surface area contributed by atoms with Crippen LogP contribution in [0.2, 0.25) is 0 Å². The zero-order valence-electron chi connectivity index (χ0n) is 61.1. The lowest BCUT2D eigenvalue weighted by molar-refractivity contribution is 0.556. The molecule has 11 aromatic carbocycles. The van der Waals surface area contributed by atoms with Gasteiger partial charge in [-0.05, 0) is 286 Å². The first-order chi connectivity index (χ1) is 51.2. The van der Waals surface area contributed by atoms with Gasteiger partial charge in [-0.1, -0.05) is 254 Å². The van der Waals surface area contributed by atoms with E-state index in [9.17, 15) is 0 Å². The van der Waals surface area contributed by atoms with Gasteiger partial charge in [0, 0.05) is 94.7 Å². The Balaban J connectivity index is 0.000000164. The summed E-state index contributed by atoms with van der Waals surface area (Å²) in [4.78, 5) is 21.7. The van der Waals surface area contributed by atoms with Gasteiger partial charge in [0.15, 0.2) is 17.5 Å². The minimum absolute atomic E-state index is 0.686. The highest BCUT2D eigenvalue weighted by molar-refractivity contribution is 9.11. The molecule has 0 unspecified atom stereocenters. The molecule has 0 N–H and O–H groups in total. The van der Waals surface area contributed by atoms with Gasteiger partial charge in [0.25, 0.3) is 0 Å². The summed E-state index contributed by atoms with van der Waals surface area (Å²) in [5.41, 5.74) is 22.7. The minimum atomic E-state index is 0.686. The Morgan fingerprint density at radius 3 is 0.848 bits per heavy atom. The molecule has 1 aromatic heterocycles. The summed E-state index contributed by atoms with van der Waals surface area (Å²) < 4.78 is 6.46. The maximum atomic E-state index is 4.92. The number of fused-ring (bicyclic) bond motifs is 1. The lowest BCUT2D eigenvalue weighted by atomic mass is 9.88. The van der Waals surface area contributed by atoms with Crippen molar-refractivity contribution in [3.8, 4) is 34.2 Å². The molecule has 13 rings (SSSR count). The van der Waals surface area contributed by atoms with Gasteiger partial charge in [0.2, 0.25) is 0 Å². The third-order valence-electron chi connectivity index (χ3n) is 19.3.